The number of amides is 1. The number of carbonyl (C=O) groups is 1. The molecule has 1 aromatic rings. The molecule has 0 saturated carbocycles. The summed E-state index contributed by atoms with van der Waals surface area (Å²) in [6.45, 7) is 3.00. The van der Waals surface area contributed by atoms with Crippen LogP contribution in [0.4, 0.5) is 0 Å². The van der Waals surface area contributed by atoms with Crippen molar-refractivity contribution in [1.82, 2.24) is 5.32 Å². The van der Waals surface area contributed by atoms with Gasteiger partial charge in [0.15, 0.2) is 0 Å². The molecule has 0 heterocycles. The molecule has 0 spiro atoms. The van der Waals surface area contributed by atoms with E-state index in [1.54, 1.807) is 0 Å². The molecule has 1 aromatic carbocycles. The molecule has 4 nitrogen and oxygen atoms in total. The summed E-state index contributed by atoms with van der Waals surface area (Å²) in [4.78, 5) is 11.4. The number of ether oxygens (including phenoxy) is 1. The quantitative estimate of drug-likeness (QED) is 0.753. The molecule has 0 atom stereocenters. The standard InChI is InChI=1S/C15H19NO3/c1-2-19-12-15(18)16-11-14-8-5-7-13(10-14)6-3-4-9-17/h5,7-8,10,17H,2,4,9,11-12H2,1H3,(H,16,18). The van der Waals surface area contributed by atoms with Crippen LogP contribution in [0.2, 0.25) is 0 Å². The van der Waals surface area contributed by atoms with E-state index >= 15 is 0 Å². The van der Waals surface area contributed by atoms with Gasteiger partial charge in [0.2, 0.25) is 5.91 Å². The van der Waals surface area contributed by atoms with Gasteiger partial charge in [0, 0.05) is 25.1 Å². The Bertz CT molecular complexity index is 460. The van der Waals surface area contributed by atoms with E-state index in [1.807, 2.05) is 31.2 Å². The predicted molar refractivity (Wildman–Crippen MR) is 73.4 cm³/mol. The fourth-order valence-corrected chi connectivity index (χ4v) is 1.43. The van der Waals surface area contributed by atoms with Gasteiger partial charge in [-0.25, -0.2) is 0 Å². The minimum absolute atomic E-state index is 0.0696. The van der Waals surface area contributed by atoms with Gasteiger partial charge in [0.1, 0.15) is 6.61 Å². The fraction of sp³-hybridized carbons (Fsp3) is 0.400. The molecule has 1 amide bonds. The van der Waals surface area contributed by atoms with Crippen molar-refractivity contribution in [3.05, 3.63) is 35.4 Å². The van der Waals surface area contributed by atoms with Crippen LogP contribution in [0.1, 0.15) is 24.5 Å². The maximum Gasteiger partial charge on any atom is 0.246 e. The minimum atomic E-state index is -0.126. The Labute approximate surface area is 113 Å². The second-order valence-corrected chi connectivity index (χ2v) is 3.89. The van der Waals surface area contributed by atoms with Crippen molar-refractivity contribution in [1.29, 1.82) is 0 Å². The molecule has 2 N–H and O–H groups in total. The van der Waals surface area contributed by atoms with Gasteiger partial charge in [-0.1, -0.05) is 24.0 Å². The first kappa shape index (κ1) is 15.2. The Hall–Kier alpha value is -1.83. The number of aliphatic hydroxyl groups excluding tert-OH is 1. The molecule has 0 saturated heterocycles. The normalized spacial score (nSPS) is 9.58. The molecular formula is C15H19NO3. The van der Waals surface area contributed by atoms with Crippen molar-refractivity contribution in [3.63, 3.8) is 0 Å². The van der Waals surface area contributed by atoms with Gasteiger partial charge in [-0.3, -0.25) is 4.79 Å². The third kappa shape index (κ3) is 6.61. The molecule has 4 heteroatoms. The molecule has 0 unspecified atom stereocenters. The van der Waals surface area contributed by atoms with Crippen LogP contribution in [0.25, 0.3) is 0 Å². The summed E-state index contributed by atoms with van der Waals surface area (Å²) in [6.07, 6.45) is 0.468. The van der Waals surface area contributed by atoms with Crippen molar-refractivity contribution in [2.24, 2.45) is 0 Å². The van der Waals surface area contributed by atoms with E-state index < -0.39 is 0 Å². The summed E-state index contributed by atoms with van der Waals surface area (Å²) >= 11 is 0. The van der Waals surface area contributed by atoms with Crippen LogP contribution in [-0.2, 0) is 16.1 Å². The second kappa shape index (κ2) is 9.15. The first-order valence-corrected chi connectivity index (χ1v) is 6.29. The number of nitrogens with one attached hydrogen (secondary N) is 1. The van der Waals surface area contributed by atoms with Gasteiger partial charge in [-0.15, -0.1) is 0 Å². The topological polar surface area (TPSA) is 58.6 Å². The van der Waals surface area contributed by atoms with Crippen LogP contribution in [-0.4, -0.2) is 30.8 Å². The molecule has 0 bridgehead atoms. The van der Waals surface area contributed by atoms with Crippen LogP contribution >= 0.6 is 0 Å². The summed E-state index contributed by atoms with van der Waals surface area (Å²) in [5.41, 5.74) is 1.87. The largest absolute Gasteiger partial charge is 0.395 e. The predicted octanol–water partition coefficient (Wildman–Crippen LogP) is 1.07. The summed E-state index contributed by atoms with van der Waals surface area (Å²) in [5, 5.41) is 11.4. The SMILES string of the molecule is CCOCC(=O)NCc1cccc(C#CCCO)c1. The number of benzene rings is 1. The van der Waals surface area contributed by atoms with E-state index in [0.29, 0.717) is 19.6 Å². The van der Waals surface area contributed by atoms with E-state index in [0.717, 1.165) is 11.1 Å². The average molecular weight is 261 g/mol. The molecule has 0 fully saturated rings. The lowest BCUT2D eigenvalue weighted by atomic mass is 10.1. The van der Waals surface area contributed by atoms with Crippen molar-refractivity contribution in [2.45, 2.75) is 19.9 Å². The lowest BCUT2D eigenvalue weighted by Gasteiger charge is -2.05. The Kier molecular flexibility index (Phi) is 7.33. The lowest BCUT2D eigenvalue weighted by molar-refractivity contribution is -0.125. The number of hydrogen-bond acceptors (Lipinski definition) is 3. The number of rotatable bonds is 6. The van der Waals surface area contributed by atoms with Gasteiger partial charge in [-0.05, 0) is 24.6 Å². The van der Waals surface area contributed by atoms with Crippen LogP contribution in [0.3, 0.4) is 0 Å². The number of hydrogen-bond donors (Lipinski definition) is 2. The second-order valence-electron chi connectivity index (χ2n) is 3.89. The molecule has 0 radical (unpaired) electrons. The Morgan fingerprint density at radius 3 is 3.05 bits per heavy atom. The monoisotopic (exact) mass is 261 g/mol. The first-order valence-electron chi connectivity index (χ1n) is 6.29. The van der Waals surface area contributed by atoms with E-state index in [4.69, 9.17) is 9.84 Å². The highest BCUT2D eigenvalue weighted by Crippen LogP contribution is 2.03. The molecule has 0 aliphatic heterocycles. The van der Waals surface area contributed by atoms with Gasteiger partial charge in [0.25, 0.3) is 0 Å². The zero-order valence-corrected chi connectivity index (χ0v) is 11.1. The molecule has 102 valence electrons. The van der Waals surface area contributed by atoms with Gasteiger partial charge >= 0.3 is 0 Å². The van der Waals surface area contributed by atoms with E-state index in [1.165, 1.54) is 0 Å². The number of carbonyl (C=O) groups excluding carboxylic acids is 1. The third-order valence-corrected chi connectivity index (χ3v) is 2.32. The summed E-state index contributed by atoms with van der Waals surface area (Å²) in [7, 11) is 0. The lowest BCUT2D eigenvalue weighted by Crippen LogP contribution is -2.27. The van der Waals surface area contributed by atoms with Crippen LogP contribution < -0.4 is 5.32 Å². The number of aliphatic hydroxyl groups is 1. The smallest absolute Gasteiger partial charge is 0.246 e. The molecule has 0 aromatic heterocycles. The maximum absolute atomic E-state index is 11.4. The zero-order valence-electron chi connectivity index (χ0n) is 11.1. The van der Waals surface area contributed by atoms with Crippen molar-refractivity contribution in [2.75, 3.05) is 19.8 Å². The molecule has 0 aliphatic rings. The summed E-state index contributed by atoms with van der Waals surface area (Å²) in [5.74, 6) is 5.70. The van der Waals surface area contributed by atoms with Crippen LogP contribution in [0, 0.1) is 11.8 Å². The molecular weight excluding hydrogens is 242 g/mol. The van der Waals surface area contributed by atoms with Crippen molar-refractivity contribution in [3.8, 4) is 11.8 Å². The Morgan fingerprint density at radius 2 is 2.32 bits per heavy atom. The minimum Gasteiger partial charge on any atom is -0.395 e. The molecule has 0 aliphatic carbocycles. The van der Waals surface area contributed by atoms with Crippen molar-refractivity contribution >= 4 is 5.91 Å². The first-order chi connectivity index (χ1) is 9.26. The van der Waals surface area contributed by atoms with Crippen LogP contribution in [0.15, 0.2) is 24.3 Å². The highest BCUT2D eigenvalue weighted by Gasteiger charge is 2.00. The fourth-order valence-electron chi connectivity index (χ4n) is 1.43. The summed E-state index contributed by atoms with van der Waals surface area (Å²) < 4.78 is 5.01. The van der Waals surface area contributed by atoms with Gasteiger partial charge < -0.3 is 15.2 Å². The highest BCUT2D eigenvalue weighted by molar-refractivity contribution is 5.77. The Balaban J connectivity index is 2.49. The van der Waals surface area contributed by atoms with E-state index in [2.05, 4.69) is 17.2 Å². The Morgan fingerprint density at radius 1 is 1.47 bits per heavy atom. The van der Waals surface area contributed by atoms with Gasteiger partial charge in [-0.2, -0.15) is 0 Å². The van der Waals surface area contributed by atoms with Crippen LogP contribution in [0.5, 0.6) is 0 Å². The van der Waals surface area contributed by atoms with Crippen molar-refractivity contribution < 1.29 is 14.6 Å². The van der Waals surface area contributed by atoms with Gasteiger partial charge in [0.05, 0.1) is 6.61 Å². The van der Waals surface area contributed by atoms with E-state index in [9.17, 15) is 4.79 Å². The third-order valence-electron chi connectivity index (χ3n) is 2.32. The maximum atomic E-state index is 11.4. The zero-order chi connectivity index (χ0) is 13.9. The summed E-state index contributed by atoms with van der Waals surface area (Å²) in [6, 6.07) is 7.65. The highest BCUT2D eigenvalue weighted by atomic mass is 16.5. The molecule has 19 heavy (non-hydrogen) atoms. The van der Waals surface area contributed by atoms with E-state index in [-0.39, 0.29) is 19.1 Å². The average Bonchev–Trinajstić information content (AvgIpc) is 2.44. The molecule has 1 rings (SSSR count).